The van der Waals surface area contributed by atoms with Gasteiger partial charge in [0.1, 0.15) is 0 Å². The first-order chi connectivity index (χ1) is 11.9. The Hall–Kier alpha value is -0.910. The molecule has 0 radical (unpaired) electrons. The summed E-state index contributed by atoms with van der Waals surface area (Å²) in [6.07, 6.45) is 7.95. The van der Waals surface area contributed by atoms with Gasteiger partial charge in [-0.2, -0.15) is 0 Å². The summed E-state index contributed by atoms with van der Waals surface area (Å²) in [5, 5.41) is 0. The predicted molar refractivity (Wildman–Crippen MR) is 95.9 cm³/mol. The number of hydrogen-bond donors (Lipinski definition) is 0. The van der Waals surface area contributed by atoms with Crippen molar-refractivity contribution < 1.29 is 23.7 Å². The summed E-state index contributed by atoms with van der Waals surface area (Å²) < 4.78 is 22.6. The number of allylic oxidation sites excluding steroid dienone is 1. The highest BCUT2D eigenvalue weighted by atomic mass is 16.7. The molecule has 1 saturated heterocycles. The largest absolute Gasteiger partial charge is 0.430 e. The average Bonchev–Trinajstić information content (AvgIpc) is 2.59. The van der Waals surface area contributed by atoms with E-state index in [1.165, 1.54) is 19.3 Å². The lowest BCUT2D eigenvalue weighted by molar-refractivity contribution is -0.173. The molecule has 25 heavy (non-hydrogen) atoms. The molecule has 2 rings (SSSR count). The van der Waals surface area contributed by atoms with E-state index in [2.05, 4.69) is 6.58 Å². The van der Waals surface area contributed by atoms with Crippen molar-refractivity contribution in [3.63, 3.8) is 0 Å². The van der Waals surface area contributed by atoms with Crippen LogP contribution in [0.3, 0.4) is 0 Å². The summed E-state index contributed by atoms with van der Waals surface area (Å²) in [5.41, 5.74) is -0.946. The van der Waals surface area contributed by atoms with Gasteiger partial charge >= 0.3 is 5.97 Å². The Balaban J connectivity index is 1.71. The van der Waals surface area contributed by atoms with Gasteiger partial charge in [0.05, 0.1) is 19.0 Å². The fraction of sp³-hybridized carbons (Fsp3) is 0.850. The van der Waals surface area contributed by atoms with Crippen molar-refractivity contribution in [2.24, 2.45) is 11.8 Å². The van der Waals surface area contributed by atoms with Gasteiger partial charge in [0, 0.05) is 6.61 Å². The maximum atomic E-state index is 12.0. The zero-order chi connectivity index (χ0) is 18.3. The maximum absolute atomic E-state index is 12.0. The van der Waals surface area contributed by atoms with Crippen molar-refractivity contribution in [2.45, 2.75) is 77.6 Å². The summed E-state index contributed by atoms with van der Waals surface area (Å²) in [6, 6.07) is 0. The van der Waals surface area contributed by atoms with Crippen molar-refractivity contribution in [3.05, 3.63) is 12.3 Å². The Morgan fingerprint density at radius 2 is 1.84 bits per heavy atom. The van der Waals surface area contributed by atoms with E-state index in [1.807, 2.05) is 0 Å². The molecule has 5 heteroatoms. The molecular formula is C20H34O5. The molecule has 0 bridgehead atoms. The predicted octanol–water partition coefficient (Wildman–Crippen LogP) is 4.21. The standard InChI is InChI=1S/C20H34O5/c1-15(2)25-19(21)20(3,4)24-14-17-9-7-8-16(12-17)13-23-18-10-5-6-11-22-18/h16-18H,1,5-14H2,2-4H3/t16-,17+,18?/m0/s1. The molecule has 0 aromatic rings. The topological polar surface area (TPSA) is 54.0 Å². The van der Waals surface area contributed by atoms with Crippen LogP contribution in [0.4, 0.5) is 0 Å². The first-order valence-corrected chi connectivity index (χ1v) is 9.62. The number of ether oxygens (including phenoxy) is 4. The van der Waals surface area contributed by atoms with Gasteiger partial charge in [-0.15, -0.1) is 0 Å². The SMILES string of the molecule is C=C(C)OC(=O)C(C)(C)OC[C@@H]1CCC[C@H](COC2CCCCO2)C1. The highest BCUT2D eigenvalue weighted by Gasteiger charge is 2.33. The third-order valence-corrected chi connectivity index (χ3v) is 4.99. The molecule has 0 aromatic heterocycles. The molecular weight excluding hydrogens is 320 g/mol. The minimum Gasteiger partial charge on any atom is -0.430 e. The molecule has 3 atom stereocenters. The van der Waals surface area contributed by atoms with Crippen molar-refractivity contribution in [1.82, 2.24) is 0 Å². The molecule has 0 aromatic carbocycles. The Bertz CT molecular complexity index is 439. The lowest BCUT2D eigenvalue weighted by Gasteiger charge is -2.32. The van der Waals surface area contributed by atoms with E-state index in [4.69, 9.17) is 18.9 Å². The number of esters is 1. The summed E-state index contributed by atoms with van der Waals surface area (Å²) in [6.45, 7) is 10.9. The second-order valence-electron chi connectivity index (χ2n) is 7.94. The molecule has 2 fully saturated rings. The van der Waals surface area contributed by atoms with E-state index in [1.54, 1.807) is 20.8 Å². The van der Waals surface area contributed by atoms with Gasteiger partial charge in [0.15, 0.2) is 11.9 Å². The van der Waals surface area contributed by atoms with E-state index in [0.29, 0.717) is 24.2 Å². The van der Waals surface area contributed by atoms with E-state index in [-0.39, 0.29) is 12.3 Å². The van der Waals surface area contributed by atoms with E-state index < -0.39 is 5.60 Å². The fourth-order valence-electron chi connectivity index (χ4n) is 3.46. The van der Waals surface area contributed by atoms with Gasteiger partial charge in [-0.1, -0.05) is 13.0 Å². The molecule has 0 N–H and O–H groups in total. The highest BCUT2D eigenvalue weighted by Crippen LogP contribution is 2.31. The van der Waals surface area contributed by atoms with Crippen LogP contribution in [0.5, 0.6) is 0 Å². The molecule has 144 valence electrons. The van der Waals surface area contributed by atoms with Gasteiger partial charge in [0.2, 0.25) is 0 Å². The summed E-state index contributed by atoms with van der Waals surface area (Å²) in [4.78, 5) is 12.0. The number of carbonyl (C=O) groups is 1. The van der Waals surface area contributed by atoms with Gasteiger partial charge in [-0.05, 0) is 71.1 Å². The van der Waals surface area contributed by atoms with Crippen LogP contribution in [0.2, 0.25) is 0 Å². The minimum atomic E-state index is -0.946. The van der Waals surface area contributed by atoms with Crippen molar-refractivity contribution in [3.8, 4) is 0 Å². The van der Waals surface area contributed by atoms with Crippen LogP contribution in [0.1, 0.15) is 65.7 Å². The van der Waals surface area contributed by atoms with Crippen LogP contribution in [-0.4, -0.2) is 37.7 Å². The second-order valence-corrected chi connectivity index (χ2v) is 7.94. The van der Waals surface area contributed by atoms with Crippen molar-refractivity contribution >= 4 is 5.97 Å². The van der Waals surface area contributed by atoms with E-state index >= 15 is 0 Å². The van der Waals surface area contributed by atoms with Gasteiger partial charge in [0.25, 0.3) is 0 Å². The molecule has 1 unspecified atom stereocenters. The van der Waals surface area contributed by atoms with E-state index in [0.717, 1.165) is 38.9 Å². The van der Waals surface area contributed by atoms with Crippen LogP contribution in [0.15, 0.2) is 12.3 Å². The maximum Gasteiger partial charge on any atom is 0.342 e. The third kappa shape index (κ3) is 7.08. The summed E-state index contributed by atoms with van der Waals surface area (Å²) in [7, 11) is 0. The van der Waals surface area contributed by atoms with Crippen LogP contribution in [0, 0.1) is 11.8 Å². The summed E-state index contributed by atoms with van der Waals surface area (Å²) in [5.74, 6) is 1.02. The molecule has 2 aliphatic rings. The zero-order valence-corrected chi connectivity index (χ0v) is 16.1. The van der Waals surface area contributed by atoms with E-state index in [9.17, 15) is 4.79 Å². The zero-order valence-electron chi connectivity index (χ0n) is 16.1. The van der Waals surface area contributed by atoms with Crippen LogP contribution < -0.4 is 0 Å². The highest BCUT2D eigenvalue weighted by molar-refractivity contribution is 5.79. The second kappa shape index (κ2) is 9.70. The Morgan fingerprint density at radius 3 is 2.48 bits per heavy atom. The smallest absolute Gasteiger partial charge is 0.342 e. The first-order valence-electron chi connectivity index (χ1n) is 9.62. The van der Waals surface area contributed by atoms with Crippen molar-refractivity contribution in [1.29, 1.82) is 0 Å². The van der Waals surface area contributed by atoms with Gasteiger partial charge < -0.3 is 18.9 Å². The molecule has 1 aliphatic carbocycles. The average molecular weight is 354 g/mol. The molecule has 1 aliphatic heterocycles. The minimum absolute atomic E-state index is 0.0128. The lowest BCUT2D eigenvalue weighted by atomic mass is 9.82. The third-order valence-electron chi connectivity index (χ3n) is 4.99. The fourth-order valence-corrected chi connectivity index (χ4v) is 3.46. The number of hydrogen-bond acceptors (Lipinski definition) is 5. The number of carbonyl (C=O) groups excluding carboxylic acids is 1. The van der Waals surface area contributed by atoms with Crippen molar-refractivity contribution in [2.75, 3.05) is 19.8 Å². The quantitative estimate of drug-likeness (QED) is 0.483. The first kappa shape index (κ1) is 20.4. The molecule has 1 heterocycles. The van der Waals surface area contributed by atoms with Crippen LogP contribution in [0.25, 0.3) is 0 Å². The van der Waals surface area contributed by atoms with Crippen LogP contribution >= 0.6 is 0 Å². The molecule has 5 nitrogen and oxygen atoms in total. The Labute approximate surface area is 152 Å². The molecule has 0 spiro atoms. The Morgan fingerprint density at radius 1 is 1.12 bits per heavy atom. The normalized spacial score (nSPS) is 27.7. The summed E-state index contributed by atoms with van der Waals surface area (Å²) >= 11 is 0. The lowest BCUT2D eigenvalue weighted by Crippen LogP contribution is -2.38. The van der Waals surface area contributed by atoms with Crippen LogP contribution in [-0.2, 0) is 23.7 Å². The number of rotatable bonds is 8. The van der Waals surface area contributed by atoms with Gasteiger partial charge in [-0.25, -0.2) is 4.79 Å². The molecule has 1 saturated carbocycles. The molecule has 0 amide bonds. The monoisotopic (exact) mass is 354 g/mol. The van der Waals surface area contributed by atoms with Gasteiger partial charge in [-0.3, -0.25) is 0 Å². The Kier molecular flexibility index (Phi) is 7.91.